The zero-order valence-electron chi connectivity index (χ0n) is 41.2. The molecular formula is C58H36N4O16. The average molecular weight is 1040 g/mol. The molecule has 4 heterocycles. The van der Waals surface area contributed by atoms with Crippen LogP contribution in [0, 0.1) is 0 Å². The Balaban J connectivity index is 0.000000179. The maximum Gasteiger partial charge on any atom is 0.343 e. The van der Waals surface area contributed by atoms with Crippen molar-refractivity contribution in [2.45, 2.75) is 0 Å². The number of amides is 8. The number of carbonyl (C=O) groups is 12. The zero-order chi connectivity index (χ0) is 55.4. The lowest BCUT2D eigenvalue weighted by Gasteiger charge is -2.08. The smallest absolute Gasteiger partial charge is 0.343 e. The lowest BCUT2D eigenvalue weighted by atomic mass is 10.0. The molecule has 0 aromatic heterocycles. The quantitative estimate of drug-likeness (QED) is 0.0816. The first-order valence-electron chi connectivity index (χ1n) is 23.3. The standard InChI is InChI=1S/C32H20N2O8.C26H16N2O8/c1-33-27(35)23-13-7-19(15-25(23)29(33)37)31(39)41-21-9-3-17(4-10-21)18-5-11-22(12-6-18)42-32(40)20-8-14-24-26(16-20)30(38)34(2)28(24)36;1-27-21(29)17-9-3-13(11-19(17)23(27)31)25(33)35-15-5-7-16(8-6-15)36-26(34)14-4-10-18-20(12-14)24(32)28(2)22(18)30/h3-16H,1-2H3;3-12H,1-2H3. The number of nitrogens with zero attached hydrogens (tertiary/aromatic N) is 4. The predicted octanol–water partition coefficient (Wildman–Crippen LogP) is 6.82. The summed E-state index contributed by atoms with van der Waals surface area (Å²) in [4.78, 5) is 151. The summed E-state index contributed by atoms with van der Waals surface area (Å²) in [7, 11) is 5.49. The summed E-state index contributed by atoms with van der Waals surface area (Å²) in [5.74, 6) is -5.57. The van der Waals surface area contributed by atoms with Crippen molar-refractivity contribution in [2.75, 3.05) is 28.2 Å². The van der Waals surface area contributed by atoms with E-state index in [2.05, 4.69) is 0 Å². The Hall–Kier alpha value is -11.0. The first-order chi connectivity index (χ1) is 37.3. The van der Waals surface area contributed by atoms with Gasteiger partial charge in [0.1, 0.15) is 23.0 Å². The normalized spacial score (nSPS) is 13.9. The molecule has 20 nitrogen and oxygen atoms in total. The van der Waals surface area contributed by atoms with Gasteiger partial charge in [0.15, 0.2) is 0 Å². The van der Waals surface area contributed by atoms with Crippen LogP contribution in [0.2, 0.25) is 0 Å². The summed E-state index contributed by atoms with van der Waals surface area (Å²) < 4.78 is 21.5. The van der Waals surface area contributed by atoms with E-state index in [1.807, 2.05) is 0 Å². The van der Waals surface area contributed by atoms with Crippen molar-refractivity contribution in [1.29, 1.82) is 0 Å². The fraction of sp³-hybridized carbons (Fsp3) is 0.0690. The minimum atomic E-state index is -0.736. The number of fused-ring (bicyclic) bond motifs is 4. The van der Waals surface area contributed by atoms with Crippen LogP contribution >= 0.6 is 0 Å². The van der Waals surface area contributed by atoms with Gasteiger partial charge in [0.25, 0.3) is 47.3 Å². The Bertz CT molecular complexity index is 3630. The first-order valence-corrected chi connectivity index (χ1v) is 23.3. The van der Waals surface area contributed by atoms with Gasteiger partial charge in [-0.1, -0.05) is 24.3 Å². The number of benzene rings is 7. The molecule has 0 saturated heterocycles. The van der Waals surface area contributed by atoms with E-state index in [-0.39, 0.29) is 89.8 Å². The van der Waals surface area contributed by atoms with Crippen molar-refractivity contribution in [2.24, 2.45) is 0 Å². The Morgan fingerprint density at radius 2 is 0.436 bits per heavy atom. The lowest BCUT2D eigenvalue weighted by Crippen LogP contribution is -2.24. The van der Waals surface area contributed by atoms with Crippen LogP contribution in [0.5, 0.6) is 23.0 Å². The molecule has 0 saturated carbocycles. The molecule has 4 aliphatic heterocycles. The molecule has 78 heavy (non-hydrogen) atoms. The predicted molar refractivity (Wildman–Crippen MR) is 270 cm³/mol. The number of carbonyl (C=O) groups excluding carboxylic acids is 12. The molecule has 0 aliphatic carbocycles. The molecule has 0 unspecified atom stereocenters. The van der Waals surface area contributed by atoms with Crippen molar-refractivity contribution in [3.63, 3.8) is 0 Å². The molecule has 7 aromatic carbocycles. The summed E-state index contributed by atoms with van der Waals surface area (Å²) >= 11 is 0. The van der Waals surface area contributed by atoms with Crippen LogP contribution in [-0.4, -0.2) is 119 Å². The monoisotopic (exact) mass is 1040 g/mol. The minimum absolute atomic E-state index is 0.0935. The van der Waals surface area contributed by atoms with E-state index in [1.54, 1.807) is 48.5 Å². The maximum absolute atomic E-state index is 12.7. The first kappa shape index (κ1) is 50.5. The number of hydrogen-bond donors (Lipinski definition) is 0. The SMILES string of the molecule is CN1C(=O)c2ccc(C(=O)Oc3ccc(-c4ccc(OC(=O)c5ccc6c(c5)C(=O)N(C)C6=O)cc4)cc3)cc2C1=O.CN1C(=O)c2ccc(C(=O)Oc3ccc(OC(=O)c4ccc5c(c4)C(=O)N(C)C5=O)cc3)cc2C1=O. The molecule has 20 heteroatoms. The van der Waals surface area contributed by atoms with E-state index in [0.717, 1.165) is 30.7 Å². The highest BCUT2D eigenvalue weighted by molar-refractivity contribution is 6.24. The molecule has 0 bridgehead atoms. The highest BCUT2D eigenvalue weighted by Crippen LogP contribution is 2.30. The fourth-order valence-electron chi connectivity index (χ4n) is 8.62. The van der Waals surface area contributed by atoms with Gasteiger partial charge in [-0.2, -0.15) is 0 Å². The summed E-state index contributed by atoms with van der Waals surface area (Å²) in [6, 6.07) is 35.8. The van der Waals surface area contributed by atoms with E-state index in [4.69, 9.17) is 18.9 Å². The Labute approximate surface area is 440 Å². The Morgan fingerprint density at radius 1 is 0.256 bits per heavy atom. The Morgan fingerprint density at radius 3 is 0.641 bits per heavy atom. The van der Waals surface area contributed by atoms with Gasteiger partial charge in [0.2, 0.25) is 0 Å². The van der Waals surface area contributed by atoms with Crippen molar-refractivity contribution in [3.8, 4) is 34.1 Å². The molecule has 0 fully saturated rings. The summed E-state index contributed by atoms with van der Waals surface area (Å²) in [6.45, 7) is 0. The van der Waals surface area contributed by atoms with Crippen LogP contribution < -0.4 is 18.9 Å². The molecule has 0 spiro atoms. The van der Waals surface area contributed by atoms with E-state index in [0.29, 0.717) is 0 Å². The molecule has 7 aromatic rings. The topological polar surface area (TPSA) is 255 Å². The van der Waals surface area contributed by atoms with Crippen LogP contribution in [0.3, 0.4) is 0 Å². The number of imide groups is 4. The number of esters is 4. The second-order valence-corrected chi connectivity index (χ2v) is 17.8. The maximum atomic E-state index is 12.7. The van der Waals surface area contributed by atoms with Gasteiger partial charge in [-0.05, 0) is 132 Å². The van der Waals surface area contributed by atoms with Crippen molar-refractivity contribution in [3.05, 3.63) is 212 Å². The Kier molecular flexibility index (Phi) is 12.7. The minimum Gasteiger partial charge on any atom is -0.423 e. The average Bonchev–Trinajstić information content (AvgIpc) is 4.03. The summed E-state index contributed by atoms with van der Waals surface area (Å²) in [6.07, 6.45) is 0. The highest BCUT2D eigenvalue weighted by atomic mass is 16.5. The molecule has 0 N–H and O–H groups in total. The van der Waals surface area contributed by atoms with Gasteiger partial charge in [-0.15, -0.1) is 0 Å². The van der Waals surface area contributed by atoms with E-state index >= 15 is 0 Å². The van der Waals surface area contributed by atoms with Gasteiger partial charge in [-0.25, -0.2) is 19.2 Å². The van der Waals surface area contributed by atoms with Crippen LogP contribution in [0.25, 0.3) is 11.1 Å². The summed E-state index contributed by atoms with van der Waals surface area (Å²) in [5, 5.41) is 0. The largest absolute Gasteiger partial charge is 0.423 e. The molecule has 11 rings (SSSR count). The van der Waals surface area contributed by atoms with Gasteiger partial charge in [0.05, 0.1) is 66.8 Å². The second kappa shape index (κ2) is 19.7. The number of ether oxygens (including phenoxy) is 4. The fourth-order valence-corrected chi connectivity index (χ4v) is 8.62. The van der Waals surface area contributed by atoms with Crippen LogP contribution in [0.1, 0.15) is 124 Å². The van der Waals surface area contributed by atoms with Crippen LogP contribution in [0.4, 0.5) is 0 Å². The zero-order valence-corrected chi connectivity index (χ0v) is 41.2. The van der Waals surface area contributed by atoms with Gasteiger partial charge < -0.3 is 18.9 Å². The van der Waals surface area contributed by atoms with Crippen LogP contribution in [-0.2, 0) is 0 Å². The highest BCUT2D eigenvalue weighted by Gasteiger charge is 2.37. The lowest BCUT2D eigenvalue weighted by molar-refractivity contribution is 0.0677. The molecule has 8 amide bonds. The third-order valence-corrected chi connectivity index (χ3v) is 13.0. The number of rotatable bonds is 9. The third kappa shape index (κ3) is 9.10. The van der Waals surface area contributed by atoms with Crippen molar-refractivity contribution in [1.82, 2.24) is 19.6 Å². The molecule has 384 valence electrons. The van der Waals surface area contributed by atoms with E-state index in [1.165, 1.54) is 125 Å². The molecule has 4 aliphatic rings. The van der Waals surface area contributed by atoms with E-state index in [9.17, 15) is 57.5 Å². The van der Waals surface area contributed by atoms with Crippen molar-refractivity contribution >= 4 is 71.1 Å². The summed E-state index contributed by atoms with van der Waals surface area (Å²) in [5.41, 5.74) is 3.60. The van der Waals surface area contributed by atoms with E-state index < -0.39 is 71.1 Å². The molecule has 0 atom stereocenters. The second-order valence-electron chi connectivity index (χ2n) is 17.8. The van der Waals surface area contributed by atoms with Crippen molar-refractivity contribution < 1.29 is 76.5 Å². The third-order valence-electron chi connectivity index (χ3n) is 13.0. The van der Waals surface area contributed by atoms with Crippen LogP contribution in [0.15, 0.2) is 146 Å². The number of hydrogen-bond acceptors (Lipinski definition) is 16. The van der Waals surface area contributed by atoms with Gasteiger partial charge in [0, 0.05) is 28.2 Å². The molecular weight excluding hydrogens is 1010 g/mol. The van der Waals surface area contributed by atoms with Gasteiger partial charge in [-0.3, -0.25) is 58.0 Å². The molecule has 0 radical (unpaired) electrons. The van der Waals surface area contributed by atoms with Gasteiger partial charge >= 0.3 is 23.9 Å².